The molecule has 0 radical (unpaired) electrons. The summed E-state index contributed by atoms with van der Waals surface area (Å²) in [4.78, 5) is 23.9. The van der Waals surface area contributed by atoms with E-state index in [9.17, 15) is 22.8 Å². The van der Waals surface area contributed by atoms with Crippen molar-refractivity contribution in [2.45, 2.75) is 12.6 Å². The molecule has 0 bridgehead atoms. The second-order valence-corrected chi connectivity index (χ2v) is 5.23. The van der Waals surface area contributed by atoms with Crippen molar-refractivity contribution in [3.8, 4) is 5.75 Å². The number of carbonyl (C=O) groups excluding carboxylic acids is 1. The minimum absolute atomic E-state index is 0.0143. The standard InChI is InChI=1S/C14H14F3NO4/c15-14(16,17)11-7-18(6-10(11)13(21)22)12(20)5-8-1-3-9(19)4-2-8/h1-4,10-11,19H,5-7H2,(H,21,22)/t10-,11-/m1/s1. The van der Waals surface area contributed by atoms with Crippen LogP contribution in [-0.4, -0.2) is 46.3 Å². The van der Waals surface area contributed by atoms with Crippen LogP contribution in [0.5, 0.6) is 5.75 Å². The van der Waals surface area contributed by atoms with Crippen LogP contribution in [0.4, 0.5) is 13.2 Å². The number of halogens is 3. The number of alkyl halides is 3. The highest BCUT2D eigenvalue weighted by molar-refractivity contribution is 5.81. The molecule has 22 heavy (non-hydrogen) atoms. The second kappa shape index (κ2) is 5.86. The summed E-state index contributed by atoms with van der Waals surface area (Å²) in [5.74, 6) is -5.79. The summed E-state index contributed by atoms with van der Waals surface area (Å²) in [7, 11) is 0. The molecule has 1 fully saturated rings. The van der Waals surface area contributed by atoms with Crippen molar-refractivity contribution in [3.63, 3.8) is 0 Å². The number of aromatic hydroxyl groups is 1. The van der Waals surface area contributed by atoms with Crippen LogP contribution in [0.2, 0.25) is 0 Å². The number of amides is 1. The highest BCUT2D eigenvalue weighted by Gasteiger charge is 2.53. The number of benzene rings is 1. The molecular formula is C14H14F3NO4. The maximum Gasteiger partial charge on any atom is 0.394 e. The van der Waals surface area contributed by atoms with E-state index in [1.54, 1.807) is 0 Å². The molecule has 0 unspecified atom stereocenters. The molecule has 0 saturated carbocycles. The van der Waals surface area contributed by atoms with Gasteiger partial charge in [-0.3, -0.25) is 9.59 Å². The van der Waals surface area contributed by atoms with Crippen molar-refractivity contribution >= 4 is 11.9 Å². The summed E-state index contributed by atoms with van der Waals surface area (Å²) in [6.45, 7) is -1.09. The Hall–Kier alpha value is -2.25. The SMILES string of the molecule is O=C(O)[C@@H]1CN(C(=O)Cc2ccc(O)cc2)C[C@H]1C(F)(F)F. The Morgan fingerprint density at radius 1 is 1.18 bits per heavy atom. The van der Waals surface area contributed by atoms with Gasteiger partial charge in [0.25, 0.3) is 0 Å². The summed E-state index contributed by atoms with van der Waals surface area (Å²) < 4.78 is 38.6. The number of hydrogen-bond donors (Lipinski definition) is 2. The van der Waals surface area contributed by atoms with Gasteiger partial charge in [0.15, 0.2) is 0 Å². The number of carboxylic acid groups (broad SMARTS) is 1. The first-order valence-corrected chi connectivity index (χ1v) is 6.53. The molecule has 1 aromatic rings. The lowest BCUT2D eigenvalue weighted by Gasteiger charge is -2.18. The van der Waals surface area contributed by atoms with Crippen molar-refractivity contribution in [3.05, 3.63) is 29.8 Å². The van der Waals surface area contributed by atoms with Crippen LogP contribution in [0.15, 0.2) is 24.3 Å². The number of carbonyl (C=O) groups is 2. The maximum atomic E-state index is 12.9. The van der Waals surface area contributed by atoms with E-state index in [0.717, 1.165) is 4.90 Å². The van der Waals surface area contributed by atoms with E-state index in [4.69, 9.17) is 10.2 Å². The topological polar surface area (TPSA) is 77.8 Å². The number of aliphatic carboxylic acids is 1. The van der Waals surface area contributed by atoms with Gasteiger partial charge in [-0.05, 0) is 17.7 Å². The van der Waals surface area contributed by atoms with Gasteiger partial charge in [-0.25, -0.2) is 0 Å². The van der Waals surface area contributed by atoms with Gasteiger partial charge in [0, 0.05) is 13.1 Å². The van der Waals surface area contributed by atoms with E-state index in [1.807, 2.05) is 0 Å². The first-order chi connectivity index (χ1) is 10.2. The van der Waals surface area contributed by atoms with Gasteiger partial charge in [-0.2, -0.15) is 13.2 Å². The molecule has 0 aromatic heterocycles. The summed E-state index contributed by atoms with van der Waals surface area (Å²) >= 11 is 0. The average Bonchev–Trinajstić information content (AvgIpc) is 2.86. The lowest BCUT2D eigenvalue weighted by molar-refractivity contribution is -0.188. The summed E-state index contributed by atoms with van der Waals surface area (Å²) in [5.41, 5.74) is 0.533. The van der Waals surface area contributed by atoms with E-state index in [0.29, 0.717) is 5.56 Å². The molecule has 1 aromatic carbocycles. The Labute approximate surface area is 124 Å². The molecule has 0 spiro atoms. The summed E-state index contributed by atoms with van der Waals surface area (Å²) in [6.07, 6.45) is -4.80. The van der Waals surface area contributed by atoms with Crippen molar-refractivity contribution < 1.29 is 33.0 Å². The van der Waals surface area contributed by atoms with Crippen molar-refractivity contribution in [2.24, 2.45) is 11.8 Å². The highest BCUT2D eigenvalue weighted by Crippen LogP contribution is 2.37. The third-order valence-corrected chi connectivity index (χ3v) is 3.70. The van der Waals surface area contributed by atoms with Crippen LogP contribution in [-0.2, 0) is 16.0 Å². The van der Waals surface area contributed by atoms with E-state index in [2.05, 4.69) is 0 Å². The molecule has 8 heteroatoms. The predicted molar refractivity (Wildman–Crippen MR) is 69.1 cm³/mol. The van der Waals surface area contributed by atoms with E-state index < -0.39 is 43.0 Å². The van der Waals surface area contributed by atoms with Crippen molar-refractivity contribution in [1.29, 1.82) is 0 Å². The number of phenols is 1. The van der Waals surface area contributed by atoms with Crippen LogP contribution in [0, 0.1) is 11.8 Å². The third-order valence-electron chi connectivity index (χ3n) is 3.70. The number of carboxylic acids is 1. The third kappa shape index (κ3) is 3.49. The number of hydrogen-bond acceptors (Lipinski definition) is 3. The zero-order valence-corrected chi connectivity index (χ0v) is 11.4. The van der Waals surface area contributed by atoms with Gasteiger partial charge in [0.1, 0.15) is 5.75 Å². The minimum atomic E-state index is -4.66. The molecule has 1 aliphatic heterocycles. The first-order valence-electron chi connectivity index (χ1n) is 6.53. The molecule has 2 atom stereocenters. The molecule has 1 amide bonds. The largest absolute Gasteiger partial charge is 0.508 e. The fourth-order valence-corrected chi connectivity index (χ4v) is 2.49. The van der Waals surface area contributed by atoms with E-state index in [1.165, 1.54) is 24.3 Å². The van der Waals surface area contributed by atoms with Gasteiger partial charge in [0.2, 0.25) is 5.91 Å². The molecule has 2 rings (SSSR count). The van der Waals surface area contributed by atoms with Gasteiger partial charge in [0.05, 0.1) is 18.3 Å². The van der Waals surface area contributed by atoms with Gasteiger partial charge >= 0.3 is 12.1 Å². The van der Waals surface area contributed by atoms with Crippen LogP contribution in [0.1, 0.15) is 5.56 Å². The zero-order chi connectivity index (χ0) is 16.5. The number of nitrogens with zero attached hydrogens (tertiary/aromatic N) is 1. The van der Waals surface area contributed by atoms with Crippen molar-refractivity contribution in [1.82, 2.24) is 4.90 Å². The van der Waals surface area contributed by atoms with Crippen LogP contribution >= 0.6 is 0 Å². The van der Waals surface area contributed by atoms with E-state index in [-0.39, 0.29) is 12.2 Å². The molecule has 1 aliphatic rings. The second-order valence-electron chi connectivity index (χ2n) is 5.23. The Balaban J connectivity index is 2.08. The Bertz CT molecular complexity index is 570. The van der Waals surface area contributed by atoms with E-state index >= 15 is 0 Å². The molecule has 5 nitrogen and oxygen atoms in total. The van der Waals surface area contributed by atoms with Crippen molar-refractivity contribution in [2.75, 3.05) is 13.1 Å². The molecule has 1 saturated heterocycles. The molecule has 1 heterocycles. The zero-order valence-electron chi connectivity index (χ0n) is 11.4. The number of rotatable bonds is 3. The highest BCUT2D eigenvalue weighted by atomic mass is 19.4. The fraction of sp³-hybridized carbons (Fsp3) is 0.429. The smallest absolute Gasteiger partial charge is 0.394 e. The number of likely N-dealkylation sites (tertiary alicyclic amines) is 1. The normalized spacial score (nSPS) is 21.9. The minimum Gasteiger partial charge on any atom is -0.508 e. The Morgan fingerprint density at radius 3 is 2.23 bits per heavy atom. The quantitative estimate of drug-likeness (QED) is 0.889. The van der Waals surface area contributed by atoms with Gasteiger partial charge in [-0.1, -0.05) is 12.1 Å². The number of phenolic OH excluding ortho intramolecular Hbond substituents is 1. The first kappa shape index (κ1) is 16.1. The monoisotopic (exact) mass is 317 g/mol. The maximum absolute atomic E-state index is 12.9. The van der Waals surface area contributed by atoms with Crippen LogP contribution in [0.3, 0.4) is 0 Å². The molecule has 120 valence electrons. The molecule has 0 aliphatic carbocycles. The average molecular weight is 317 g/mol. The predicted octanol–water partition coefficient (Wildman–Crippen LogP) is 1.66. The lowest BCUT2D eigenvalue weighted by atomic mass is 9.96. The Morgan fingerprint density at radius 2 is 1.77 bits per heavy atom. The lowest BCUT2D eigenvalue weighted by Crippen LogP contribution is -2.34. The van der Waals surface area contributed by atoms with Crippen LogP contribution in [0.25, 0.3) is 0 Å². The van der Waals surface area contributed by atoms with Gasteiger partial charge < -0.3 is 15.1 Å². The molecule has 2 N–H and O–H groups in total. The summed E-state index contributed by atoms with van der Waals surface area (Å²) in [5, 5.41) is 18.0. The Kier molecular flexibility index (Phi) is 4.30. The van der Waals surface area contributed by atoms with Crippen LogP contribution < -0.4 is 0 Å². The summed E-state index contributed by atoms with van der Waals surface area (Å²) in [6, 6.07) is 5.70. The fourth-order valence-electron chi connectivity index (χ4n) is 2.49. The van der Waals surface area contributed by atoms with Gasteiger partial charge in [-0.15, -0.1) is 0 Å². The molecular weight excluding hydrogens is 303 g/mol.